The minimum absolute atomic E-state index is 0.687. The Morgan fingerprint density at radius 2 is 2.20 bits per heavy atom. The summed E-state index contributed by atoms with van der Waals surface area (Å²) >= 11 is 5.64. The summed E-state index contributed by atoms with van der Waals surface area (Å²) in [5.41, 5.74) is 0. The van der Waals surface area contributed by atoms with Gasteiger partial charge in [-0.1, -0.05) is 6.42 Å². The molecule has 15 heavy (non-hydrogen) atoms. The average molecular weight is 226 g/mol. The molecule has 82 valence electrons. The minimum atomic E-state index is 0.687. The zero-order valence-electron chi connectivity index (χ0n) is 8.79. The summed E-state index contributed by atoms with van der Waals surface area (Å²) in [7, 11) is 0. The number of rotatable bonds is 4. The first-order valence-electron chi connectivity index (χ1n) is 5.90. The number of oxazole rings is 1. The van der Waals surface area contributed by atoms with Gasteiger partial charge in [-0.05, 0) is 31.1 Å². The summed E-state index contributed by atoms with van der Waals surface area (Å²) in [6, 6.07) is 0. The lowest BCUT2D eigenvalue weighted by Crippen LogP contribution is -1.86. The van der Waals surface area contributed by atoms with Crippen LogP contribution in [0.4, 0.5) is 0 Å². The van der Waals surface area contributed by atoms with Gasteiger partial charge in [0, 0.05) is 18.2 Å². The van der Waals surface area contributed by atoms with Crippen LogP contribution in [0.3, 0.4) is 0 Å². The molecule has 0 aliphatic heterocycles. The van der Waals surface area contributed by atoms with E-state index >= 15 is 0 Å². The van der Waals surface area contributed by atoms with E-state index in [1.165, 1.54) is 19.3 Å². The fraction of sp³-hybridized carbons (Fsp3) is 0.750. The van der Waals surface area contributed by atoms with Crippen LogP contribution in [0.15, 0.2) is 10.6 Å². The van der Waals surface area contributed by atoms with Crippen molar-refractivity contribution in [1.82, 2.24) is 4.98 Å². The van der Waals surface area contributed by atoms with Crippen molar-refractivity contribution >= 4 is 11.6 Å². The van der Waals surface area contributed by atoms with E-state index in [4.69, 9.17) is 16.0 Å². The zero-order chi connectivity index (χ0) is 10.3. The van der Waals surface area contributed by atoms with Gasteiger partial charge in [0.1, 0.15) is 5.76 Å². The fourth-order valence-corrected chi connectivity index (χ4v) is 3.19. The van der Waals surface area contributed by atoms with E-state index in [2.05, 4.69) is 4.98 Å². The van der Waals surface area contributed by atoms with Gasteiger partial charge in [0.15, 0.2) is 5.89 Å². The topological polar surface area (TPSA) is 26.0 Å². The van der Waals surface area contributed by atoms with Crippen molar-refractivity contribution in [2.45, 2.75) is 38.0 Å². The summed E-state index contributed by atoms with van der Waals surface area (Å²) in [6.07, 6.45) is 7.98. The van der Waals surface area contributed by atoms with Crippen LogP contribution in [-0.2, 0) is 6.42 Å². The highest BCUT2D eigenvalue weighted by Crippen LogP contribution is 2.63. The Hall–Kier alpha value is -0.500. The van der Waals surface area contributed by atoms with Crippen LogP contribution in [-0.4, -0.2) is 10.9 Å². The molecule has 0 amide bonds. The maximum Gasteiger partial charge on any atom is 0.194 e. The highest BCUT2D eigenvalue weighted by Gasteiger charge is 2.54. The molecule has 0 spiro atoms. The number of hydrogen-bond acceptors (Lipinski definition) is 2. The van der Waals surface area contributed by atoms with Gasteiger partial charge in [-0.2, -0.15) is 0 Å². The second-order valence-electron chi connectivity index (χ2n) is 4.73. The first-order chi connectivity index (χ1) is 7.40. The van der Waals surface area contributed by atoms with Gasteiger partial charge in [0.25, 0.3) is 0 Å². The summed E-state index contributed by atoms with van der Waals surface area (Å²) < 4.78 is 5.78. The number of alkyl halides is 1. The first-order valence-corrected chi connectivity index (χ1v) is 6.44. The maximum absolute atomic E-state index is 5.78. The maximum atomic E-state index is 5.78. The largest absolute Gasteiger partial charge is 0.445 e. The van der Waals surface area contributed by atoms with Gasteiger partial charge >= 0.3 is 0 Å². The Kier molecular flexibility index (Phi) is 2.47. The molecule has 1 aromatic rings. The Labute approximate surface area is 95.0 Å². The van der Waals surface area contributed by atoms with Crippen LogP contribution < -0.4 is 0 Å². The lowest BCUT2D eigenvalue weighted by molar-refractivity contribution is 0.438. The molecule has 0 aromatic carbocycles. The SMILES string of the molecule is ClCCCc1ncc(C2C3CCCC32)o1. The van der Waals surface area contributed by atoms with E-state index in [9.17, 15) is 0 Å². The van der Waals surface area contributed by atoms with Crippen LogP contribution in [0.5, 0.6) is 0 Å². The van der Waals surface area contributed by atoms with Crippen molar-refractivity contribution in [1.29, 1.82) is 0 Å². The van der Waals surface area contributed by atoms with Crippen molar-refractivity contribution in [3.8, 4) is 0 Å². The molecule has 2 atom stereocenters. The number of aryl methyl sites for hydroxylation is 1. The van der Waals surface area contributed by atoms with E-state index in [1.54, 1.807) is 0 Å². The van der Waals surface area contributed by atoms with Crippen LogP contribution >= 0.6 is 11.6 Å². The van der Waals surface area contributed by atoms with Gasteiger partial charge in [0.2, 0.25) is 0 Å². The Balaban J connectivity index is 1.64. The Morgan fingerprint density at radius 3 is 2.93 bits per heavy atom. The third kappa shape index (κ3) is 1.69. The number of fused-ring (bicyclic) bond motifs is 1. The highest BCUT2D eigenvalue weighted by atomic mass is 35.5. The van der Waals surface area contributed by atoms with Crippen LogP contribution in [0.1, 0.15) is 43.3 Å². The molecule has 2 aliphatic rings. The molecule has 0 radical (unpaired) electrons. The molecule has 2 unspecified atom stereocenters. The molecule has 2 nitrogen and oxygen atoms in total. The van der Waals surface area contributed by atoms with Crippen molar-refractivity contribution < 1.29 is 4.42 Å². The van der Waals surface area contributed by atoms with Gasteiger partial charge in [-0.15, -0.1) is 11.6 Å². The molecule has 2 aliphatic carbocycles. The van der Waals surface area contributed by atoms with Crippen LogP contribution in [0, 0.1) is 11.8 Å². The van der Waals surface area contributed by atoms with Crippen molar-refractivity contribution in [3.05, 3.63) is 17.8 Å². The smallest absolute Gasteiger partial charge is 0.194 e. The molecule has 1 aromatic heterocycles. The van der Waals surface area contributed by atoms with Gasteiger partial charge in [0.05, 0.1) is 6.20 Å². The molecule has 3 heteroatoms. The van der Waals surface area contributed by atoms with E-state index < -0.39 is 0 Å². The lowest BCUT2D eigenvalue weighted by Gasteiger charge is -1.97. The predicted molar refractivity (Wildman–Crippen MR) is 59.1 cm³/mol. The quantitative estimate of drug-likeness (QED) is 0.735. The third-order valence-corrected chi connectivity index (χ3v) is 4.10. The Morgan fingerprint density at radius 1 is 1.40 bits per heavy atom. The van der Waals surface area contributed by atoms with E-state index in [0.717, 1.165) is 36.3 Å². The molecule has 0 saturated heterocycles. The number of nitrogens with zero attached hydrogens (tertiary/aromatic N) is 1. The second-order valence-corrected chi connectivity index (χ2v) is 5.11. The van der Waals surface area contributed by atoms with Crippen LogP contribution in [0.25, 0.3) is 0 Å². The zero-order valence-corrected chi connectivity index (χ0v) is 9.54. The lowest BCUT2D eigenvalue weighted by atomic mass is 10.1. The molecule has 2 saturated carbocycles. The molecule has 0 N–H and O–H groups in total. The van der Waals surface area contributed by atoms with Crippen LogP contribution in [0.2, 0.25) is 0 Å². The number of halogens is 1. The third-order valence-electron chi connectivity index (χ3n) is 3.83. The molecule has 3 rings (SSSR count). The standard InChI is InChI=1S/C12H16ClNO/c13-6-2-5-11-14-7-10(15-11)12-8-3-1-4-9(8)12/h7-9,12H,1-6H2. The summed E-state index contributed by atoms with van der Waals surface area (Å²) in [4.78, 5) is 4.32. The van der Waals surface area contributed by atoms with E-state index in [1.807, 2.05) is 6.20 Å². The van der Waals surface area contributed by atoms with Gasteiger partial charge in [-0.25, -0.2) is 4.98 Å². The van der Waals surface area contributed by atoms with Crippen molar-refractivity contribution in [2.75, 3.05) is 5.88 Å². The summed E-state index contributed by atoms with van der Waals surface area (Å²) in [5.74, 6) is 5.23. The van der Waals surface area contributed by atoms with Gasteiger partial charge < -0.3 is 4.42 Å². The van der Waals surface area contributed by atoms with E-state index in [0.29, 0.717) is 11.8 Å². The Bertz CT molecular complexity index is 339. The normalized spacial score (nSPS) is 33.0. The van der Waals surface area contributed by atoms with Crippen molar-refractivity contribution in [3.63, 3.8) is 0 Å². The highest BCUT2D eigenvalue weighted by molar-refractivity contribution is 6.17. The summed E-state index contributed by atoms with van der Waals surface area (Å²) in [6.45, 7) is 0. The molecule has 0 bridgehead atoms. The van der Waals surface area contributed by atoms with Crippen molar-refractivity contribution in [2.24, 2.45) is 11.8 Å². The monoisotopic (exact) mass is 225 g/mol. The van der Waals surface area contributed by atoms with Gasteiger partial charge in [-0.3, -0.25) is 0 Å². The molecule has 1 heterocycles. The number of hydrogen-bond donors (Lipinski definition) is 0. The van der Waals surface area contributed by atoms with E-state index in [-0.39, 0.29) is 0 Å². The molecular weight excluding hydrogens is 210 g/mol. The summed E-state index contributed by atoms with van der Waals surface area (Å²) in [5, 5.41) is 0. The first kappa shape index (κ1) is 9.71. The molecule has 2 fully saturated rings. The molecular formula is C12H16ClNO. The predicted octanol–water partition coefficient (Wildman–Crippen LogP) is 3.36. The fourth-order valence-electron chi connectivity index (χ4n) is 3.06. The number of aromatic nitrogens is 1. The second kappa shape index (κ2) is 3.82. The average Bonchev–Trinajstić information content (AvgIpc) is 2.73. The minimum Gasteiger partial charge on any atom is -0.445 e.